The lowest BCUT2D eigenvalue weighted by molar-refractivity contribution is -0.118. The van der Waals surface area contributed by atoms with Gasteiger partial charge in [0.15, 0.2) is 17.3 Å². The number of hydrogen-bond donors (Lipinski definition) is 1. The number of Topliss-reactive ketones (excluding diaryl/α,β-unsaturated/α-hetero) is 1. The number of para-hydroxylation sites is 2. The molecule has 2 aliphatic rings. The van der Waals surface area contributed by atoms with E-state index in [0.29, 0.717) is 46.9 Å². The highest BCUT2D eigenvalue weighted by atomic mass is 16.5. The lowest BCUT2D eigenvalue weighted by Gasteiger charge is -2.37. The van der Waals surface area contributed by atoms with Gasteiger partial charge in [0.05, 0.1) is 38.7 Å². The zero-order chi connectivity index (χ0) is 23.9. The second kappa shape index (κ2) is 8.46. The Hall–Kier alpha value is -3.48. The molecule has 33 heavy (non-hydrogen) atoms. The van der Waals surface area contributed by atoms with Crippen molar-refractivity contribution in [1.29, 1.82) is 0 Å². The van der Waals surface area contributed by atoms with Gasteiger partial charge in [-0.15, -0.1) is 0 Å². The normalized spacial score (nSPS) is 19.2. The molecule has 1 heterocycles. The first-order chi connectivity index (χ1) is 15.7. The SMILES string of the molecule is COc1cc(OC)c(C2C3=C(CC(C)(C)CC3=O)Nc3ccccc3N2C(C)=O)cc1OC. The molecule has 7 nitrogen and oxygen atoms in total. The number of carbonyl (C=O) groups is 2. The molecule has 1 atom stereocenters. The first kappa shape index (κ1) is 22.7. The van der Waals surface area contributed by atoms with Gasteiger partial charge in [-0.25, -0.2) is 0 Å². The molecule has 0 aromatic heterocycles. The van der Waals surface area contributed by atoms with Gasteiger partial charge in [0.1, 0.15) is 5.75 Å². The molecule has 2 aromatic rings. The molecule has 174 valence electrons. The number of amides is 1. The number of ketones is 1. The van der Waals surface area contributed by atoms with E-state index >= 15 is 0 Å². The predicted octanol–water partition coefficient (Wildman–Crippen LogP) is 4.88. The van der Waals surface area contributed by atoms with Crippen molar-refractivity contribution >= 4 is 23.1 Å². The van der Waals surface area contributed by atoms with E-state index in [2.05, 4.69) is 19.2 Å². The zero-order valence-corrected chi connectivity index (χ0v) is 19.9. The van der Waals surface area contributed by atoms with E-state index in [9.17, 15) is 9.59 Å². The van der Waals surface area contributed by atoms with Gasteiger partial charge in [0, 0.05) is 36.2 Å². The van der Waals surface area contributed by atoms with Gasteiger partial charge >= 0.3 is 0 Å². The van der Waals surface area contributed by atoms with Gasteiger partial charge in [-0.3, -0.25) is 14.5 Å². The lowest BCUT2D eigenvalue weighted by Crippen LogP contribution is -2.38. The number of anilines is 2. The Kier molecular flexibility index (Phi) is 5.82. The van der Waals surface area contributed by atoms with Gasteiger partial charge in [-0.2, -0.15) is 0 Å². The van der Waals surface area contributed by atoms with Crippen LogP contribution in [0.1, 0.15) is 45.2 Å². The molecule has 1 aliphatic carbocycles. The second-order valence-electron chi connectivity index (χ2n) is 9.22. The zero-order valence-electron chi connectivity index (χ0n) is 19.9. The van der Waals surface area contributed by atoms with Gasteiger partial charge in [-0.05, 0) is 30.0 Å². The van der Waals surface area contributed by atoms with Crippen LogP contribution < -0.4 is 24.4 Å². The average molecular weight is 451 g/mol. The number of fused-ring (bicyclic) bond motifs is 1. The minimum Gasteiger partial charge on any atom is -0.496 e. The molecule has 1 unspecified atom stereocenters. The van der Waals surface area contributed by atoms with E-state index in [4.69, 9.17) is 14.2 Å². The van der Waals surface area contributed by atoms with Crippen LogP contribution in [0.25, 0.3) is 0 Å². The summed E-state index contributed by atoms with van der Waals surface area (Å²) in [6.07, 6.45) is 1.07. The summed E-state index contributed by atoms with van der Waals surface area (Å²) in [4.78, 5) is 28.5. The van der Waals surface area contributed by atoms with Crippen LogP contribution in [0, 0.1) is 5.41 Å². The van der Waals surface area contributed by atoms with Crippen LogP contribution in [0.2, 0.25) is 0 Å². The van der Waals surface area contributed by atoms with Crippen molar-refractivity contribution in [3.05, 3.63) is 53.2 Å². The first-order valence-corrected chi connectivity index (χ1v) is 10.9. The van der Waals surface area contributed by atoms with E-state index < -0.39 is 6.04 Å². The van der Waals surface area contributed by atoms with Crippen LogP contribution in [0.5, 0.6) is 17.2 Å². The Morgan fingerprint density at radius 3 is 2.27 bits per heavy atom. The van der Waals surface area contributed by atoms with E-state index in [1.807, 2.05) is 24.3 Å². The fraction of sp³-hybridized carbons (Fsp3) is 0.385. The maximum Gasteiger partial charge on any atom is 0.224 e. The number of rotatable bonds is 4. The summed E-state index contributed by atoms with van der Waals surface area (Å²) in [5.41, 5.74) is 3.35. The Bertz CT molecular complexity index is 1150. The molecule has 0 saturated carbocycles. The fourth-order valence-corrected chi connectivity index (χ4v) is 4.90. The molecule has 0 radical (unpaired) electrons. The molecule has 7 heteroatoms. The molecule has 2 aromatic carbocycles. The summed E-state index contributed by atoms with van der Waals surface area (Å²) in [6, 6.07) is 10.5. The van der Waals surface area contributed by atoms with Crippen LogP contribution in [0.4, 0.5) is 11.4 Å². The Morgan fingerprint density at radius 1 is 1.00 bits per heavy atom. The van der Waals surface area contributed by atoms with E-state index in [0.717, 1.165) is 11.4 Å². The summed E-state index contributed by atoms with van der Waals surface area (Å²) in [5, 5.41) is 3.49. The summed E-state index contributed by atoms with van der Waals surface area (Å²) >= 11 is 0. The maximum atomic E-state index is 13.6. The summed E-state index contributed by atoms with van der Waals surface area (Å²) < 4.78 is 16.7. The molecule has 1 N–H and O–H groups in total. The van der Waals surface area contributed by atoms with E-state index in [1.165, 1.54) is 6.92 Å². The van der Waals surface area contributed by atoms with E-state index in [1.54, 1.807) is 38.4 Å². The second-order valence-corrected chi connectivity index (χ2v) is 9.22. The lowest BCUT2D eigenvalue weighted by atomic mass is 9.73. The monoisotopic (exact) mass is 450 g/mol. The fourth-order valence-electron chi connectivity index (χ4n) is 4.90. The first-order valence-electron chi connectivity index (χ1n) is 10.9. The number of nitrogens with zero attached hydrogens (tertiary/aromatic N) is 1. The van der Waals surface area contributed by atoms with E-state index in [-0.39, 0.29) is 17.1 Å². The topological polar surface area (TPSA) is 77.1 Å². The largest absolute Gasteiger partial charge is 0.496 e. The van der Waals surface area contributed by atoms with Crippen molar-refractivity contribution in [2.75, 3.05) is 31.5 Å². The molecule has 0 saturated heterocycles. The Morgan fingerprint density at radius 2 is 1.64 bits per heavy atom. The third kappa shape index (κ3) is 3.92. The third-order valence-corrected chi connectivity index (χ3v) is 6.27. The minimum atomic E-state index is -0.688. The number of hydrogen-bond acceptors (Lipinski definition) is 6. The standard InChI is InChI=1S/C26H30N2O5/c1-15(29)28-19-10-8-7-9-17(19)27-18-13-26(2,3)14-20(30)24(18)25(28)16-11-22(32-5)23(33-6)12-21(16)31-4/h7-12,25,27H,13-14H2,1-6H3. The quantitative estimate of drug-likeness (QED) is 0.716. The van der Waals surface area contributed by atoms with Crippen molar-refractivity contribution in [2.24, 2.45) is 5.41 Å². The molecule has 0 fully saturated rings. The van der Waals surface area contributed by atoms with Crippen molar-refractivity contribution in [3.8, 4) is 17.2 Å². The predicted molar refractivity (Wildman–Crippen MR) is 127 cm³/mol. The molecule has 0 bridgehead atoms. The number of nitrogens with one attached hydrogen (secondary N) is 1. The van der Waals surface area contributed by atoms with Gasteiger partial charge in [0.25, 0.3) is 0 Å². The number of carbonyl (C=O) groups excluding carboxylic acids is 2. The van der Waals surface area contributed by atoms with Gasteiger partial charge in [-0.1, -0.05) is 26.0 Å². The number of ether oxygens (including phenoxy) is 3. The van der Waals surface area contributed by atoms with Crippen molar-refractivity contribution in [1.82, 2.24) is 0 Å². The van der Waals surface area contributed by atoms with Crippen LogP contribution in [0.15, 0.2) is 47.7 Å². The van der Waals surface area contributed by atoms with Crippen LogP contribution in [0.3, 0.4) is 0 Å². The minimum absolute atomic E-state index is 0.00893. The summed E-state index contributed by atoms with van der Waals surface area (Å²) in [7, 11) is 4.67. The Labute approximate surface area is 194 Å². The molecule has 0 spiro atoms. The molecular formula is C26H30N2O5. The number of benzene rings is 2. The molecule has 4 rings (SSSR count). The third-order valence-electron chi connectivity index (χ3n) is 6.27. The Balaban J connectivity index is 2.07. The van der Waals surface area contributed by atoms with Crippen molar-refractivity contribution in [3.63, 3.8) is 0 Å². The summed E-state index contributed by atoms with van der Waals surface area (Å²) in [6.45, 7) is 5.68. The molecular weight excluding hydrogens is 420 g/mol. The summed E-state index contributed by atoms with van der Waals surface area (Å²) in [5.74, 6) is 1.33. The number of methoxy groups -OCH3 is 3. The number of allylic oxidation sites excluding steroid dienone is 1. The van der Waals surface area contributed by atoms with Crippen LogP contribution in [-0.4, -0.2) is 33.0 Å². The molecule has 1 aliphatic heterocycles. The molecule has 1 amide bonds. The van der Waals surface area contributed by atoms with Gasteiger partial charge < -0.3 is 19.5 Å². The van der Waals surface area contributed by atoms with Crippen LogP contribution >= 0.6 is 0 Å². The highest BCUT2D eigenvalue weighted by Gasteiger charge is 2.43. The van der Waals surface area contributed by atoms with Gasteiger partial charge in [0.2, 0.25) is 5.91 Å². The highest BCUT2D eigenvalue weighted by Crippen LogP contribution is 2.51. The average Bonchev–Trinajstić information content (AvgIpc) is 2.91. The maximum absolute atomic E-state index is 13.6. The highest BCUT2D eigenvalue weighted by molar-refractivity contribution is 6.06. The van der Waals surface area contributed by atoms with Crippen molar-refractivity contribution in [2.45, 2.75) is 39.7 Å². The smallest absolute Gasteiger partial charge is 0.224 e. The van der Waals surface area contributed by atoms with Crippen LogP contribution in [-0.2, 0) is 9.59 Å². The van der Waals surface area contributed by atoms with Crippen molar-refractivity contribution < 1.29 is 23.8 Å².